The number of methoxy groups -OCH3 is 1. The number of hydrogen-bond acceptors (Lipinski definition) is 3. The Hall–Kier alpha value is -2.34. The van der Waals surface area contributed by atoms with Gasteiger partial charge in [0.1, 0.15) is 5.82 Å². The van der Waals surface area contributed by atoms with E-state index in [1.807, 2.05) is 31.3 Å². The SMILES string of the molecule is CCNC(=O)N(CCOC)Cc1nccn1Cc1ccccc1. The second-order valence-corrected chi connectivity index (χ2v) is 5.21. The van der Waals surface area contributed by atoms with Crippen molar-refractivity contribution in [3.8, 4) is 0 Å². The highest BCUT2D eigenvalue weighted by molar-refractivity contribution is 5.74. The van der Waals surface area contributed by atoms with Gasteiger partial charge in [0.05, 0.1) is 13.2 Å². The van der Waals surface area contributed by atoms with Crippen molar-refractivity contribution in [3.63, 3.8) is 0 Å². The fourth-order valence-electron chi connectivity index (χ4n) is 2.30. The van der Waals surface area contributed by atoms with E-state index in [0.717, 1.165) is 12.4 Å². The maximum atomic E-state index is 12.2. The maximum Gasteiger partial charge on any atom is 0.317 e. The minimum atomic E-state index is -0.0983. The highest BCUT2D eigenvalue weighted by Gasteiger charge is 2.15. The molecular weight excluding hydrogens is 292 g/mol. The smallest absolute Gasteiger partial charge is 0.317 e. The number of carbonyl (C=O) groups excluding carboxylic acids is 1. The lowest BCUT2D eigenvalue weighted by atomic mass is 10.2. The van der Waals surface area contributed by atoms with Crippen molar-refractivity contribution in [2.45, 2.75) is 20.0 Å². The first-order valence-electron chi connectivity index (χ1n) is 7.80. The minimum Gasteiger partial charge on any atom is -0.383 e. The summed E-state index contributed by atoms with van der Waals surface area (Å²) in [5.74, 6) is 0.858. The predicted molar refractivity (Wildman–Crippen MR) is 89.1 cm³/mol. The van der Waals surface area contributed by atoms with Gasteiger partial charge in [-0.3, -0.25) is 0 Å². The Kier molecular flexibility index (Phi) is 6.62. The van der Waals surface area contributed by atoms with E-state index in [1.165, 1.54) is 5.56 Å². The second kappa shape index (κ2) is 8.95. The van der Waals surface area contributed by atoms with Crippen LogP contribution in [0.5, 0.6) is 0 Å². The first-order valence-corrected chi connectivity index (χ1v) is 7.80. The molecule has 2 rings (SSSR count). The summed E-state index contributed by atoms with van der Waals surface area (Å²) in [7, 11) is 1.63. The molecule has 1 N–H and O–H groups in total. The van der Waals surface area contributed by atoms with Crippen molar-refractivity contribution in [2.75, 3.05) is 26.8 Å². The maximum absolute atomic E-state index is 12.2. The van der Waals surface area contributed by atoms with Gasteiger partial charge < -0.3 is 19.5 Å². The number of ether oxygens (including phenoxy) is 1. The molecule has 0 fully saturated rings. The lowest BCUT2D eigenvalue weighted by Gasteiger charge is -2.22. The zero-order valence-electron chi connectivity index (χ0n) is 13.7. The number of nitrogens with one attached hydrogen (secondary N) is 1. The van der Waals surface area contributed by atoms with Crippen LogP contribution >= 0.6 is 0 Å². The first kappa shape index (κ1) is 17.0. The van der Waals surface area contributed by atoms with E-state index in [2.05, 4.69) is 27.0 Å². The van der Waals surface area contributed by atoms with Crippen LogP contribution < -0.4 is 5.32 Å². The molecule has 0 aliphatic heterocycles. The van der Waals surface area contributed by atoms with Crippen LogP contribution in [0.4, 0.5) is 4.79 Å². The summed E-state index contributed by atoms with van der Waals surface area (Å²) >= 11 is 0. The summed E-state index contributed by atoms with van der Waals surface area (Å²) in [6, 6.07) is 10.1. The van der Waals surface area contributed by atoms with E-state index in [-0.39, 0.29) is 6.03 Å². The van der Waals surface area contributed by atoms with Crippen molar-refractivity contribution >= 4 is 6.03 Å². The molecule has 124 valence electrons. The van der Waals surface area contributed by atoms with Crippen LogP contribution in [0.3, 0.4) is 0 Å². The highest BCUT2D eigenvalue weighted by Crippen LogP contribution is 2.08. The van der Waals surface area contributed by atoms with Crippen LogP contribution in [0.1, 0.15) is 18.3 Å². The molecule has 1 aromatic carbocycles. The van der Waals surface area contributed by atoms with Crippen LogP contribution in [-0.2, 0) is 17.8 Å². The zero-order chi connectivity index (χ0) is 16.5. The monoisotopic (exact) mass is 316 g/mol. The molecule has 23 heavy (non-hydrogen) atoms. The summed E-state index contributed by atoms with van der Waals surface area (Å²) in [5.41, 5.74) is 1.20. The van der Waals surface area contributed by atoms with Crippen molar-refractivity contribution in [3.05, 3.63) is 54.1 Å². The molecule has 2 amide bonds. The van der Waals surface area contributed by atoms with Gasteiger partial charge in [0.15, 0.2) is 0 Å². The van der Waals surface area contributed by atoms with Gasteiger partial charge in [-0.1, -0.05) is 30.3 Å². The van der Waals surface area contributed by atoms with Crippen LogP contribution in [0.15, 0.2) is 42.7 Å². The quantitative estimate of drug-likeness (QED) is 0.811. The zero-order valence-corrected chi connectivity index (χ0v) is 13.7. The minimum absolute atomic E-state index is 0.0983. The average Bonchev–Trinajstić information content (AvgIpc) is 2.99. The van der Waals surface area contributed by atoms with Gasteiger partial charge in [0, 0.05) is 39.1 Å². The van der Waals surface area contributed by atoms with E-state index in [0.29, 0.717) is 26.2 Å². The van der Waals surface area contributed by atoms with Crippen LogP contribution in [0.2, 0.25) is 0 Å². The van der Waals surface area contributed by atoms with E-state index < -0.39 is 0 Å². The molecule has 0 radical (unpaired) electrons. The molecule has 0 saturated carbocycles. The van der Waals surface area contributed by atoms with Gasteiger partial charge in [-0.15, -0.1) is 0 Å². The molecule has 0 atom stereocenters. The molecule has 0 unspecified atom stereocenters. The van der Waals surface area contributed by atoms with E-state index in [1.54, 1.807) is 18.2 Å². The van der Waals surface area contributed by atoms with Gasteiger partial charge >= 0.3 is 6.03 Å². The number of nitrogens with zero attached hydrogens (tertiary/aromatic N) is 3. The van der Waals surface area contributed by atoms with Crippen molar-refractivity contribution in [1.29, 1.82) is 0 Å². The lowest BCUT2D eigenvalue weighted by Crippen LogP contribution is -2.41. The van der Waals surface area contributed by atoms with E-state index in [9.17, 15) is 4.79 Å². The van der Waals surface area contributed by atoms with Gasteiger partial charge in [-0.2, -0.15) is 0 Å². The Balaban J connectivity index is 2.07. The standard InChI is InChI=1S/C17H24N4O2/c1-3-18-17(22)21(11-12-23-2)14-16-19-9-10-20(16)13-15-7-5-4-6-8-15/h4-10H,3,11-14H2,1-2H3,(H,18,22). The molecule has 6 heteroatoms. The van der Waals surface area contributed by atoms with Crippen LogP contribution in [0.25, 0.3) is 0 Å². The Morgan fingerprint density at radius 1 is 1.35 bits per heavy atom. The second-order valence-electron chi connectivity index (χ2n) is 5.21. The number of benzene rings is 1. The molecule has 1 aromatic heterocycles. The highest BCUT2D eigenvalue weighted by atomic mass is 16.5. The van der Waals surface area contributed by atoms with Crippen molar-refractivity contribution in [1.82, 2.24) is 19.8 Å². The Morgan fingerprint density at radius 3 is 2.83 bits per heavy atom. The van der Waals surface area contributed by atoms with E-state index in [4.69, 9.17) is 4.74 Å². The lowest BCUT2D eigenvalue weighted by molar-refractivity contribution is 0.145. The van der Waals surface area contributed by atoms with Gasteiger partial charge in [-0.05, 0) is 12.5 Å². The van der Waals surface area contributed by atoms with Gasteiger partial charge in [-0.25, -0.2) is 9.78 Å². The third-order valence-corrected chi connectivity index (χ3v) is 3.51. The number of carbonyl (C=O) groups is 1. The van der Waals surface area contributed by atoms with Gasteiger partial charge in [0.25, 0.3) is 0 Å². The molecule has 0 saturated heterocycles. The summed E-state index contributed by atoms with van der Waals surface area (Å²) in [5, 5.41) is 2.83. The normalized spacial score (nSPS) is 10.5. The number of aromatic nitrogens is 2. The van der Waals surface area contributed by atoms with Gasteiger partial charge in [0.2, 0.25) is 0 Å². The molecule has 2 aromatic rings. The molecule has 1 heterocycles. The fraction of sp³-hybridized carbons (Fsp3) is 0.412. The third-order valence-electron chi connectivity index (χ3n) is 3.51. The van der Waals surface area contributed by atoms with Crippen molar-refractivity contribution < 1.29 is 9.53 Å². The molecule has 0 aliphatic carbocycles. The Morgan fingerprint density at radius 2 is 2.13 bits per heavy atom. The van der Waals surface area contributed by atoms with Crippen LogP contribution in [0, 0.1) is 0 Å². The number of rotatable bonds is 8. The van der Waals surface area contributed by atoms with E-state index >= 15 is 0 Å². The number of amides is 2. The third kappa shape index (κ3) is 5.10. The largest absolute Gasteiger partial charge is 0.383 e. The van der Waals surface area contributed by atoms with Crippen molar-refractivity contribution in [2.24, 2.45) is 0 Å². The fourth-order valence-corrected chi connectivity index (χ4v) is 2.30. The molecule has 0 bridgehead atoms. The number of hydrogen-bond donors (Lipinski definition) is 1. The summed E-state index contributed by atoms with van der Waals surface area (Å²) < 4.78 is 7.16. The number of urea groups is 1. The molecule has 0 aliphatic rings. The Bertz CT molecular complexity index is 598. The molecular formula is C17H24N4O2. The summed E-state index contributed by atoms with van der Waals surface area (Å²) in [6.45, 7) is 4.72. The summed E-state index contributed by atoms with van der Waals surface area (Å²) in [4.78, 5) is 18.3. The number of imidazole rings is 1. The van der Waals surface area contributed by atoms with Crippen LogP contribution in [-0.4, -0.2) is 47.3 Å². The average molecular weight is 316 g/mol. The first-order chi connectivity index (χ1) is 11.2. The summed E-state index contributed by atoms with van der Waals surface area (Å²) in [6.07, 6.45) is 3.71. The predicted octanol–water partition coefficient (Wildman–Crippen LogP) is 2.11. The molecule has 0 spiro atoms. The topological polar surface area (TPSA) is 59.4 Å². The Labute approximate surface area is 137 Å². The molecule has 6 nitrogen and oxygen atoms in total.